The van der Waals surface area contributed by atoms with E-state index in [0.717, 1.165) is 11.0 Å². The van der Waals surface area contributed by atoms with E-state index in [-0.39, 0.29) is 41.7 Å². The molecule has 15 nitrogen and oxygen atoms in total. The summed E-state index contributed by atoms with van der Waals surface area (Å²) in [6.07, 6.45) is -1.48. The lowest BCUT2D eigenvalue weighted by molar-refractivity contribution is -0.152. The van der Waals surface area contributed by atoms with Crippen molar-refractivity contribution in [2.75, 3.05) is 28.9 Å². The number of nitrogens with zero attached hydrogens (tertiary/aromatic N) is 3. The minimum atomic E-state index is -5.16. The zero-order valence-electron chi connectivity index (χ0n) is 32.0. The Morgan fingerprint density at radius 3 is 2.28 bits per heavy atom. The molecule has 2 aromatic rings. The Morgan fingerprint density at radius 2 is 1.72 bits per heavy atom. The Balaban J connectivity index is 2.26. The smallest absolute Gasteiger partial charge is 0.422 e. The molecule has 298 valence electrons. The molecule has 0 saturated carbocycles. The number of hydrogen-bond acceptors (Lipinski definition) is 10. The molecule has 0 fully saturated rings. The van der Waals surface area contributed by atoms with Gasteiger partial charge in [-0.05, 0) is 60.5 Å². The van der Waals surface area contributed by atoms with E-state index in [9.17, 15) is 32.7 Å². The van der Waals surface area contributed by atoms with Gasteiger partial charge in [0, 0.05) is 30.6 Å². The summed E-state index contributed by atoms with van der Waals surface area (Å²) in [6.45, 7) is 14.9. The second-order valence-electron chi connectivity index (χ2n) is 14.7. The highest BCUT2D eigenvalue weighted by Gasteiger charge is 2.43. The monoisotopic (exact) mass is 778 g/mol. The highest BCUT2D eigenvalue weighted by molar-refractivity contribution is 7.91. The van der Waals surface area contributed by atoms with Crippen molar-refractivity contribution in [2.24, 2.45) is 0 Å². The summed E-state index contributed by atoms with van der Waals surface area (Å²) < 4.78 is 68.8. The molecule has 0 aliphatic carbocycles. The van der Waals surface area contributed by atoms with Crippen LogP contribution in [0.15, 0.2) is 49.1 Å². The molecule has 0 bridgehead atoms. The van der Waals surface area contributed by atoms with E-state index >= 15 is 4.39 Å². The van der Waals surface area contributed by atoms with E-state index in [4.69, 9.17) is 18.9 Å². The third-order valence-corrected chi connectivity index (χ3v) is 9.16. The molecule has 3 rings (SSSR count). The van der Waals surface area contributed by atoms with Gasteiger partial charge in [0.05, 0.1) is 11.7 Å². The second kappa shape index (κ2) is 17.8. The molecule has 0 radical (unpaired) electrons. The maximum atomic E-state index is 17.3. The first-order chi connectivity index (χ1) is 25.1. The van der Waals surface area contributed by atoms with Crippen molar-refractivity contribution >= 4 is 45.8 Å². The average Bonchev–Trinajstić information content (AvgIpc) is 3.42. The number of hydrogen-bond donors (Lipinski definition) is 2. The zero-order valence-corrected chi connectivity index (χ0v) is 32.8. The molecular weight excluding hydrogens is 727 g/mol. The van der Waals surface area contributed by atoms with Crippen LogP contribution in [0.1, 0.15) is 79.4 Å². The predicted molar refractivity (Wildman–Crippen MR) is 199 cm³/mol. The number of ether oxygens (including phenoxy) is 4. The Hall–Kier alpha value is -5.06. The van der Waals surface area contributed by atoms with E-state index in [1.165, 1.54) is 11.0 Å². The Morgan fingerprint density at radius 1 is 1.09 bits per heavy atom. The number of amides is 3. The van der Waals surface area contributed by atoms with Crippen LogP contribution >= 0.6 is 0 Å². The maximum Gasteiger partial charge on any atom is 0.422 e. The number of benzene rings is 2. The van der Waals surface area contributed by atoms with Crippen LogP contribution in [-0.2, 0) is 42.2 Å². The normalized spacial score (nSPS) is 14.7. The topological polar surface area (TPSA) is 181 Å². The van der Waals surface area contributed by atoms with Crippen molar-refractivity contribution < 1.29 is 56.0 Å². The molecule has 17 heteroatoms. The van der Waals surface area contributed by atoms with Gasteiger partial charge in [-0.25, -0.2) is 27.8 Å². The molecule has 3 amide bonds. The largest absolute Gasteiger partial charge is 0.487 e. The van der Waals surface area contributed by atoms with Crippen molar-refractivity contribution in [3.05, 3.63) is 66.0 Å². The first kappa shape index (κ1) is 43.3. The Kier molecular flexibility index (Phi) is 14.3. The van der Waals surface area contributed by atoms with Gasteiger partial charge in [0.1, 0.15) is 42.4 Å². The number of carbonyl (C=O) groups is 4. The number of halogens is 1. The fourth-order valence-electron chi connectivity index (χ4n) is 5.71. The highest BCUT2D eigenvalue weighted by Crippen LogP contribution is 2.45. The number of rotatable bonds is 15. The molecule has 1 heterocycles. The van der Waals surface area contributed by atoms with Crippen molar-refractivity contribution in [2.45, 2.75) is 105 Å². The van der Waals surface area contributed by atoms with Crippen LogP contribution in [-0.4, -0.2) is 85.7 Å². The van der Waals surface area contributed by atoms with Gasteiger partial charge in [-0.1, -0.05) is 56.3 Å². The van der Waals surface area contributed by atoms with E-state index in [2.05, 4.69) is 6.58 Å². The SMILES string of the molecule is C=CCOC(=O)NS(=O)(=O)N(CC(=O)OC(C)(C)C)c1c(OCc2ccccc2)cc2c(c1F)C[C@H](CN(C(=O)OC(C)(C)C)C(C)CCC)N2C(=O)O. The van der Waals surface area contributed by atoms with Gasteiger partial charge < -0.3 is 29.0 Å². The summed E-state index contributed by atoms with van der Waals surface area (Å²) in [4.78, 5) is 54.3. The van der Waals surface area contributed by atoms with E-state index in [0.29, 0.717) is 18.4 Å². The fraction of sp³-hybridized carbons (Fsp3) is 0.514. The number of fused-ring (bicyclic) bond motifs is 1. The minimum absolute atomic E-state index is 0.169. The van der Waals surface area contributed by atoms with Gasteiger partial charge >= 0.3 is 34.5 Å². The van der Waals surface area contributed by atoms with E-state index in [1.54, 1.807) is 83.5 Å². The summed E-state index contributed by atoms with van der Waals surface area (Å²) in [5, 5.41) is 10.5. The van der Waals surface area contributed by atoms with Gasteiger partial charge in [0.25, 0.3) is 0 Å². The molecule has 0 spiro atoms. The Bertz CT molecular complexity index is 1790. The van der Waals surface area contributed by atoms with Crippen LogP contribution in [0.2, 0.25) is 0 Å². The highest BCUT2D eigenvalue weighted by atomic mass is 32.2. The number of anilines is 2. The van der Waals surface area contributed by atoms with Crippen LogP contribution in [0.25, 0.3) is 0 Å². The van der Waals surface area contributed by atoms with Crippen LogP contribution in [0, 0.1) is 5.82 Å². The van der Waals surface area contributed by atoms with Crippen molar-refractivity contribution in [1.29, 1.82) is 0 Å². The number of esters is 1. The van der Waals surface area contributed by atoms with Crippen LogP contribution < -0.4 is 18.7 Å². The third kappa shape index (κ3) is 11.7. The molecule has 2 atom stereocenters. The van der Waals surface area contributed by atoms with E-state index in [1.807, 2.05) is 6.92 Å². The van der Waals surface area contributed by atoms with Crippen molar-refractivity contribution in [3.63, 3.8) is 0 Å². The predicted octanol–water partition coefficient (Wildman–Crippen LogP) is 6.54. The first-order valence-electron chi connectivity index (χ1n) is 17.4. The second-order valence-corrected chi connectivity index (χ2v) is 16.3. The van der Waals surface area contributed by atoms with E-state index < -0.39 is 81.5 Å². The van der Waals surface area contributed by atoms with Crippen molar-refractivity contribution in [3.8, 4) is 5.75 Å². The quantitative estimate of drug-likeness (QED) is 0.114. The standard InChI is InChI=1S/C37H51FN4O11S/c1-10-15-24(3)40(35(47)53-37(7,8)9)21-26-19-27-28(42(26)34(45)46)20-29(51-23-25-16-13-12-14-17-25)32(31(27)38)41(22-30(43)52-36(4,5)6)54(48,49)39-33(44)50-18-11-2/h11-14,16-17,20,24,26H,2,10,15,18-19,21-23H2,1,3-9H3,(H,39,44)(H,45,46)/t24?,26-/m1/s1. The summed E-state index contributed by atoms with van der Waals surface area (Å²) >= 11 is 0. The minimum Gasteiger partial charge on any atom is -0.487 e. The maximum absolute atomic E-state index is 17.3. The fourth-order valence-corrected chi connectivity index (χ4v) is 6.78. The number of carbonyl (C=O) groups excluding carboxylic acids is 3. The first-order valence-corrected chi connectivity index (χ1v) is 18.9. The summed E-state index contributed by atoms with van der Waals surface area (Å²) in [5.41, 5.74) is -2.58. The summed E-state index contributed by atoms with van der Waals surface area (Å²) in [6, 6.07) is 8.28. The molecule has 2 aromatic carbocycles. The summed E-state index contributed by atoms with van der Waals surface area (Å²) in [5.74, 6) is -2.83. The van der Waals surface area contributed by atoms with Crippen LogP contribution in [0.4, 0.5) is 30.1 Å². The lowest BCUT2D eigenvalue weighted by Gasteiger charge is -2.35. The Labute approximate surface area is 316 Å². The molecular formula is C37H51FN4O11S. The molecule has 1 unspecified atom stereocenters. The van der Waals surface area contributed by atoms with Gasteiger partial charge in [-0.2, -0.15) is 8.42 Å². The summed E-state index contributed by atoms with van der Waals surface area (Å²) in [7, 11) is -5.16. The lowest BCUT2D eigenvalue weighted by atomic mass is 10.1. The third-order valence-electron chi connectivity index (χ3n) is 7.84. The molecule has 54 heavy (non-hydrogen) atoms. The van der Waals surface area contributed by atoms with Crippen molar-refractivity contribution in [1.82, 2.24) is 9.62 Å². The van der Waals surface area contributed by atoms with Gasteiger partial charge in [0.2, 0.25) is 0 Å². The number of nitrogens with one attached hydrogen (secondary N) is 1. The lowest BCUT2D eigenvalue weighted by Crippen LogP contribution is -2.50. The molecule has 0 aromatic heterocycles. The van der Waals surface area contributed by atoms with Crippen LogP contribution in [0.5, 0.6) is 5.75 Å². The molecule has 0 saturated heterocycles. The zero-order chi connectivity index (χ0) is 40.6. The van der Waals surface area contributed by atoms with Gasteiger partial charge in [-0.15, -0.1) is 0 Å². The van der Waals surface area contributed by atoms with Gasteiger partial charge in [0.15, 0.2) is 5.82 Å². The number of carboxylic acid groups (broad SMARTS) is 1. The van der Waals surface area contributed by atoms with Gasteiger partial charge in [-0.3, -0.25) is 9.69 Å². The van der Waals surface area contributed by atoms with Crippen LogP contribution in [0.3, 0.4) is 0 Å². The molecule has 1 aliphatic rings. The molecule has 2 N–H and O–H groups in total. The molecule has 1 aliphatic heterocycles. The average molecular weight is 779 g/mol.